The molecule has 1 N–H and O–H groups in total. The Hall–Kier alpha value is -2.22. The Morgan fingerprint density at radius 2 is 2.44 bits per heavy atom. The zero-order chi connectivity index (χ0) is 13.1. The summed E-state index contributed by atoms with van der Waals surface area (Å²) in [6.45, 7) is 0.749. The zero-order valence-electron chi connectivity index (χ0n) is 9.35. The summed E-state index contributed by atoms with van der Waals surface area (Å²) >= 11 is 0. The lowest BCUT2D eigenvalue weighted by Gasteiger charge is -2.33. The number of hydrogen-bond donors (Lipinski definition) is 1. The van der Waals surface area contributed by atoms with Gasteiger partial charge in [-0.05, 0) is 0 Å². The first-order chi connectivity index (χ1) is 8.59. The summed E-state index contributed by atoms with van der Waals surface area (Å²) in [4.78, 5) is 26.7. The van der Waals surface area contributed by atoms with Crippen molar-refractivity contribution in [2.24, 2.45) is 0 Å². The van der Waals surface area contributed by atoms with E-state index in [4.69, 9.17) is 9.84 Å². The summed E-state index contributed by atoms with van der Waals surface area (Å²) in [5.74, 6) is -0.761. The van der Waals surface area contributed by atoms with Gasteiger partial charge in [-0.25, -0.2) is 9.78 Å². The van der Waals surface area contributed by atoms with Crippen LogP contribution in [0.25, 0.3) is 0 Å². The maximum atomic E-state index is 11.1. The third-order valence-corrected chi connectivity index (χ3v) is 2.65. The van der Waals surface area contributed by atoms with E-state index in [0.29, 0.717) is 13.2 Å². The lowest BCUT2D eigenvalue weighted by molar-refractivity contribution is -0.384. The van der Waals surface area contributed by atoms with E-state index in [9.17, 15) is 14.9 Å². The number of aromatic nitrogens is 1. The Kier molecular flexibility index (Phi) is 3.38. The summed E-state index contributed by atoms with van der Waals surface area (Å²) in [5.41, 5.74) is -0.115. The Morgan fingerprint density at radius 1 is 1.67 bits per heavy atom. The van der Waals surface area contributed by atoms with Gasteiger partial charge in [-0.1, -0.05) is 0 Å². The molecule has 96 valence electrons. The highest BCUT2D eigenvalue weighted by Crippen LogP contribution is 2.21. The number of aliphatic carboxylic acids is 1. The van der Waals surface area contributed by atoms with Crippen LogP contribution in [0.5, 0.6) is 0 Å². The molecule has 0 bridgehead atoms. The highest BCUT2D eigenvalue weighted by Gasteiger charge is 2.30. The predicted molar refractivity (Wildman–Crippen MR) is 60.5 cm³/mol. The van der Waals surface area contributed by atoms with Crippen molar-refractivity contribution in [1.29, 1.82) is 0 Å². The average molecular weight is 253 g/mol. The molecule has 8 nitrogen and oxygen atoms in total. The van der Waals surface area contributed by atoms with Crippen LogP contribution in [0.15, 0.2) is 18.3 Å². The van der Waals surface area contributed by atoms with E-state index in [1.807, 2.05) is 0 Å². The molecule has 0 aromatic carbocycles. The maximum absolute atomic E-state index is 11.1. The molecule has 1 fully saturated rings. The first kappa shape index (κ1) is 12.2. The predicted octanol–water partition coefficient (Wildman–Crippen LogP) is 0.280. The molecule has 1 aromatic heterocycles. The second-order valence-electron chi connectivity index (χ2n) is 3.75. The van der Waals surface area contributed by atoms with Crippen molar-refractivity contribution in [2.45, 2.75) is 6.04 Å². The summed E-state index contributed by atoms with van der Waals surface area (Å²) in [5, 5.41) is 19.7. The number of rotatable bonds is 3. The molecule has 0 saturated carbocycles. The number of carboxylic acids is 1. The minimum absolute atomic E-state index is 0.0414. The summed E-state index contributed by atoms with van der Waals surface area (Å²) < 4.78 is 5.09. The summed E-state index contributed by atoms with van der Waals surface area (Å²) in [6, 6.07) is 1.66. The highest BCUT2D eigenvalue weighted by molar-refractivity contribution is 5.78. The molecular formula is C10H11N3O5. The van der Waals surface area contributed by atoms with E-state index in [1.165, 1.54) is 23.2 Å². The molecule has 2 heterocycles. The van der Waals surface area contributed by atoms with Gasteiger partial charge in [0.05, 0.1) is 24.2 Å². The van der Waals surface area contributed by atoms with Gasteiger partial charge >= 0.3 is 5.97 Å². The number of nitrogens with zero attached hydrogens (tertiary/aromatic N) is 3. The monoisotopic (exact) mass is 253 g/mol. The molecular weight excluding hydrogens is 242 g/mol. The Bertz CT molecular complexity index is 478. The molecule has 1 aliphatic heterocycles. The van der Waals surface area contributed by atoms with Crippen molar-refractivity contribution in [2.75, 3.05) is 24.7 Å². The average Bonchev–Trinajstić information content (AvgIpc) is 2.39. The third-order valence-electron chi connectivity index (χ3n) is 2.65. The summed E-state index contributed by atoms with van der Waals surface area (Å²) in [7, 11) is 0. The fourth-order valence-corrected chi connectivity index (χ4v) is 1.76. The van der Waals surface area contributed by atoms with Crippen molar-refractivity contribution >= 4 is 17.5 Å². The van der Waals surface area contributed by atoms with Gasteiger partial charge in [-0.15, -0.1) is 0 Å². The van der Waals surface area contributed by atoms with Crippen LogP contribution in [0, 0.1) is 10.1 Å². The van der Waals surface area contributed by atoms with Gasteiger partial charge in [0.25, 0.3) is 5.69 Å². The topological polar surface area (TPSA) is 106 Å². The van der Waals surface area contributed by atoms with Crippen LogP contribution in [-0.4, -0.2) is 46.8 Å². The second kappa shape index (κ2) is 4.96. The van der Waals surface area contributed by atoms with Gasteiger partial charge in [0, 0.05) is 18.8 Å². The maximum Gasteiger partial charge on any atom is 0.328 e. The van der Waals surface area contributed by atoms with Crippen molar-refractivity contribution in [3.05, 3.63) is 28.4 Å². The first-order valence-corrected chi connectivity index (χ1v) is 5.27. The number of anilines is 1. The largest absolute Gasteiger partial charge is 0.480 e. The molecule has 0 radical (unpaired) electrons. The molecule has 1 atom stereocenters. The number of carboxylic acid groups (broad SMARTS) is 1. The van der Waals surface area contributed by atoms with Crippen LogP contribution in [0.2, 0.25) is 0 Å². The molecule has 1 unspecified atom stereocenters. The van der Waals surface area contributed by atoms with Crippen LogP contribution in [0.4, 0.5) is 11.5 Å². The third kappa shape index (κ3) is 2.38. The van der Waals surface area contributed by atoms with Gasteiger partial charge in [0.1, 0.15) is 5.82 Å². The molecule has 1 aromatic rings. The lowest BCUT2D eigenvalue weighted by Crippen LogP contribution is -2.50. The molecule has 0 aliphatic carbocycles. The number of ether oxygens (including phenoxy) is 1. The van der Waals surface area contributed by atoms with Crippen LogP contribution < -0.4 is 4.90 Å². The van der Waals surface area contributed by atoms with Gasteiger partial charge < -0.3 is 14.7 Å². The van der Waals surface area contributed by atoms with Gasteiger partial charge in [-0.3, -0.25) is 10.1 Å². The van der Waals surface area contributed by atoms with Gasteiger partial charge in [0.2, 0.25) is 0 Å². The Balaban J connectivity index is 2.30. The minimum atomic E-state index is -1.04. The van der Waals surface area contributed by atoms with E-state index in [-0.39, 0.29) is 18.1 Å². The van der Waals surface area contributed by atoms with Gasteiger partial charge in [0.15, 0.2) is 6.04 Å². The molecule has 0 spiro atoms. The fraction of sp³-hybridized carbons (Fsp3) is 0.400. The smallest absolute Gasteiger partial charge is 0.328 e. The van der Waals surface area contributed by atoms with E-state index >= 15 is 0 Å². The quantitative estimate of drug-likeness (QED) is 0.609. The van der Waals surface area contributed by atoms with E-state index in [2.05, 4.69) is 4.98 Å². The normalized spacial score (nSPS) is 19.6. The number of carbonyl (C=O) groups is 1. The fourth-order valence-electron chi connectivity index (χ4n) is 1.76. The lowest BCUT2D eigenvalue weighted by atomic mass is 10.2. The van der Waals surface area contributed by atoms with Crippen LogP contribution >= 0.6 is 0 Å². The Labute approximate surface area is 102 Å². The number of hydrogen-bond acceptors (Lipinski definition) is 6. The number of morpholine rings is 1. The number of pyridine rings is 1. The van der Waals surface area contributed by atoms with E-state index < -0.39 is 16.9 Å². The minimum Gasteiger partial charge on any atom is -0.480 e. The van der Waals surface area contributed by atoms with Crippen molar-refractivity contribution in [1.82, 2.24) is 4.98 Å². The summed E-state index contributed by atoms with van der Waals surface area (Å²) in [6.07, 6.45) is 1.29. The van der Waals surface area contributed by atoms with Gasteiger partial charge in [-0.2, -0.15) is 0 Å². The molecule has 1 saturated heterocycles. The SMILES string of the molecule is O=C(O)C1COCCN1c1cc([N+](=O)[O-])ccn1. The molecule has 18 heavy (non-hydrogen) atoms. The Morgan fingerprint density at radius 3 is 3.11 bits per heavy atom. The molecule has 2 rings (SSSR count). The second-order valence-corrected chi connectivity index (χ2v) is 3.75. The zero-order valence-corrected chi connectivity index (χ0v) is 9.35. The number of nitro groups is 1. The van der Waals surface area contributed by atoms with Crippen LogP contribution in [0.3, 0.4) is 0 Å². The molecule has 8 heteroatoms. The van der Waals surface area contributed by atoms with Crippen LogP contribution in [-0.2, 0) is 9.53 Å². The van der Waals surface area contributed by atoms with E-state index in [0.717, 1.165) is 0 Å². The van der Waals surface area contributed by atoms with E-state index in [1.54, 1.807) is 0 Å². The van der Waals surface area contributed by atoms with Crippen molar-refractivity contribution in [3.8, 4) is 0 Å². The highest BCUT2D eigenvalue weighted by atomic mass is 16.6. The first-order valence-electron chi connectivity index (χ1n) is 5.27. The van der Waals surface area contributed by atoms with Crippen molar-refractivity contribution < 1.29 is 19.6 Å². The van der Waals surface area contributed by atoms with Crippen molar-refractivity contribution in [3.63, 3.8) is 0 Å². The molecule has 0 amide bonds. The standard InChI is InChI=1S/C10H11N3O5/c14-10(15)8-6-18-4-3-12(8)9-5-7(13(16)17)1-2-11-9/h1-2,5,8H,3-4,6H2,(H,14,15). The van der Waals surface area contributed by atoms with Crippen LogP contribution in [0.1, 0.15) is 0 Å². The molecule has 1 aliphatic rings.